The molecule has 3 atom stereocenters. The van der Waals surface area contributed by atoms with Crippen LogP contribution < -0.4 is 4.74 Å². The highest BCUT2D eigenvalue weighted by molar-refractivity contribution is 5.73. The summed E-state index contributed by atoms with van der Waals surface area (Å²) < 4.78 is 5.38. The van der Waals surface area contributed by atoms with Gasteiger partial charge >= 0.3 is 0 Å². The molecular formula is C19H26N2O2. The highest BCUT2D eigenvalue weighted by atomic mass is 16.5. The highest BCUT2D eigenvalue weighted by Crippen LogP contribution is 2.43. The molecule has 0 spiro atoms. The molecular weight excluding hydrogens is 288 g/mol. The molecule has 1 aromatic rings. The van der Waals surface area contributed by atoms with Crippen molar-refractivity contribution in [3.05, 3.63) is 29.3 Å². The molecule has 3 aliphatic rings. The Morgan fingerprint density at radius 1 is 1.30 bits per heavy atom. The Bertz CT molecular complexity index is 615. The van der Waals surface area contributed by atoms with Gasteiger partial charge in [0.1, 0.15) is 5.75 Å². The van der Waals surface area contributed by atoms with Crippen LogP contribution in [-0.4, -0.2) is 48.5 Å². The van der Waals surface area contributed by atoms with E-state index in [1.807, 2.05) is 0 Å². The number of hydrogen-bond donors (Lipinski definition) is 0. The Kier molecular flexibility index (Phi) is 3.80. The normalized spacial score (nSPS) is 30.2. The molecule has 0 N–H and O–H groups in total. The molecule has 23 heavy (non-hydrogen) atoms. The lowest BCUT2D eigenvalue weighted by Gasteiger charge is -2.52. The van der Waals surface area contributed by atoms with Crippen LogP contribution in [0.3, 0.4) is 0 Å². The summed E-state index contributed by atoms with van der Waals surface area (Å²) in [4.78, 5) is 16.8. The largest absolute Gasteiger partial charge is 0.497 e. The summed E-state index contributed by atoms with van der Waals surface area (Å²) in [6, 6.07) is 7.41. The molecule has 0 bridgehead atoms. The fourth-order valence-corrected chi connectivity index (χ4v) is 4.95. The molecule has 3 aliphatic heterocycles. The van der Waals surface area contributed by atoms with E-state index in [4.69, 9.17) is 4.74 Å². The van der Waals surface area contributed by atoms with Gasteiger partial charge in [0.15, 0.2) is 0 Å². The summed E-state index contributed by atoms with van der Waals surface area (Å²) in [7, 11) is 1.73. The van der Waals surface area contributed by atoms with Gasteiger partial charge in [-0.25, -0.2) is 0 Å². The molecule has 2 saturated heterocycles. The van der Waals surface area contributed by atoms with Gasteiger partial charge in [-0.1, -0.05) is 6.07 Å². The van der Waals surface area contributed by atoms with E-state index >= 15 is 0 Å². The number of nitrogens with zero attached hydrogens (tertiary/aromatic N) is 2. The predicted octanol–water partition coefficient (Wildman–Crippen LogP) is 2.63. The third-order valence-corrected chi connectivity index (χ3v) is 6.07. The first kappa shape index (κ1) is 15.0. The molecule has 4 rings (SSSR count). The molecule has 124 valence electrons. The van der Waals surface area contributed by atoms with E-state index in [9.17, 15) is 4.79 Å². The Morgan fingerprint density at radius 3 is 2.96 bits per heavy atom. The summed E-state index contributed by atoms with van der Waals surface area (Å²) in [6.07, 6.45) is 4.63. The fraction of sp³-hybridized carbons (Fsp3) is 0.632. The van der Waals surface area contributed by atoms with Crippen molar-refractivity contribution in [1.29, 1.82) is 0 Å². The zero-order valence-electron chi connectivity index (χ0n) is 14.1. The molecule has 3 unspecified atom stereocenters. The average molecular weight is 314 g/mol. The van der Waals surface area contributed by atoms with Crippen molar-refractivity contribution in [2.45, 2.75) is 44.7 Å². The lowest BCUT2D eigenvalue weighted by Crippen LogP contribution is -2.57. The van der Waals surface area contributed by atoms with Gasteiger partial charge < -0.3 is 9.64 Å². The molecule has 1 aromatic carbocycles. The van der Waals surface area contributed by atoms with Gasteiger partial charge in [0.2, 0.25) is 5.91 Å². The van der Waals surface area contributed by atoms with Gasteiger partial charge in [-0.3, -0.25) is 9.69 Å². The molecule has 3 heterocycles. The number of benzene rings is 1. The second-order valence-electron chi connectivity index (χ2n) is 7.24. The van der Waals surface area contributed by atoms with E-state index < -0.39 is 0 Å². The van der Waals surface area contributed by atoms with Crippen molar-refractivity contribution < 1.29 is 9.53 Å². The number of carbonyl (C=O) groups is 1. The van der Waals surface area contributed by atoms with Crippen molar-refractivity contribution >= 4 is 5.91 Å². The molecule has 4 heteroatoms. The van der Waals surface area contributed by atoms with Crippen LogP contribution in [0.4, 0.5) is 0 Å². The number of carbonyl (C=O) groups excluding carboxylic acids is 1. The van der Waals surface area contributed by atoms with E-state index in [0.29, 0.717) is 18.0 Å². The number of amides is 1. The number of hydrogen-bond acceptors (Lipinski definition) is 3. The number of likely N-dealkylation sites (tertiary alicyclic amines) is 1. The summed E-state index contributed by atoms with van der Waals surface area (Å²) in [5, 5.41) is 0. The first-order valence-electron chi connectivity index (χ1n) is 8.85. The Balaban J connectivity index is 1.64. The van der Waals surface area contributed by atoms with E-state index in [1.165, 1.54) is 17.5 Å². The van der Waals surface area contributed by atoms with E-state index in [1.54, 1.807) is 14.0 Å². The van der Waals surface area contributed by atoms with Crippen LogP contribution in [0.1, 0.15) is 43.4 Å². The smallest absolute Gasteiger partial charge is 0.219 e. The molecule has 0 saturated carbocycles. The first-order valence-corrected chi connectivity index (χ1v) is 8.85. The van der Waals surface area contributed by atoms with Gasteiger partial charge in [-0.15, -0.1) is 0 Å². The van der Waals surface area contributed by atoms with E-state index in [2.05, 4.69) is 28.0 Å². The monoisotopic (exact) mass is 314 g/mol. The summed E-state index contributed by atoms with van der Waals surface area (Å²) in [5.74, 6) is 1.86. The lowest BCUT2D eigenvalue weighted by atomic mass is 9.76. The zero-order chi connectivity index (χ0) is 16.0. The Hall–Kier alpha value is -1.55. The number of ether oxygens (including phenoxy) is 1. The maximum absolute atomic E-state index is 12.0. The number of methoxy groups -OCH3 is 1. The van der Waals surface area contributed by atoms with Crippen molar-refractivity contribution in [1.82, 2.24) is 9.80 Å². The quantitative estimate of drug-likeness (QED) is 0.799. The Morgan fingerprint density at radius 2 is 2.17 bits per heavy atom. The zero-order valence-corrected chi connectivity index (χ0v) is 14.1. The molecule has 0 aromatic heterocycles. The molecule has 4 nitrogen and oxygen atoms in total. The second-order valence-corrected chi connectivity index (χ2v) is 7.24. The topological polar surface area (TPSA) is 32.8 Å². The fourth-order valence-electron chi connectivity index (χ4n) is 4.95. The van der Waals surface area contributed by atoms with Crippen molar-refractivity contribution in [2.75, 3.05) is 26.7 Å². The summed E-state index contributed by atoms with van der Waals surface area (Å²) >= 11 is 0. The molecule has 1 amide bonds. The van der Waals surface area contributed by atoms with Crippen LogP contribution in [0.5, 0.6) is 5.75 Å². The van der Waals surface area contributed by atoms with Gasteiger partial charge in [0.25, 0.3) is 0 Å². The van der Waals surface area contributed by atoms with E-state index in [0.717, 1.165) is 44.6 Å². The van der Waals surface area contributed by atoms with Crippen LogP contribution in [0, 0.1) is 5.92 Å². The van der Waals surface area contributed by atoms with Crippen LogP contribution in [-0.2, 0) is 11.2 Å². The molecule has 2 fully saturated rings. The lowest BCUT2D eigenvalue weighted by molar-refractivity contribution is -0.137. The summed E-state index contributed by atoms with van der Waals surface area (Å²) in [5.41, 5.74) is 2.87. The second kappa shape index (κ2) is 5.82. The van der Waals surface area contributed by atoms with Gasteiger partial charge in [-0.05, 0) is 54.9 Å². The highest BCUT2D eigenvalue weighted by Gasteiger charge is 2.43. The minimum Gasteiger partial charge on any atom is -0.497 e. The maximum atomic E-state index is 12.0. The van der Waals surface area contributed by atoms with Gasteiger partial charge in [-0.2, -0.15) is 0 Å². The Labute approximate surface area is 138 Å². The number of piperidine rings is 2. The van der Waals surface area contributed by atoms with Gasteiger partial charge in [0, 0.05) is 38.6 Å². The minimum atomic E-state index is 0.249. The maximum Gasteiger partial charge on any atom is 0.219 e. The van der Waals surface area contributed by atoms with Crippen molar-refractivity contribution in [3.63, 3.8) is 0 Å². The van der Waals surface area contributed by atoms with Crippen LogP contribution in [0.15, 0.2) is 18.2 Å². The summed E-state index contributed by atoms with van der Waals surface area (Å²) in [6.45, 7) is 4.95. The standard InChI is InChI=1S/C19H26N2O2/c1-13(22)21-8-3-4-15-12-20-9-7-14-10-16(23-2)5-6-17(14)19(20)11-18(15)21/h5-6,10,15,18-19H,3-4,7-9,11-12H2,1-2H3. The average Bonchev–Trinajstić information content (AvgIpc) is 2.58. The predicted molar refractivity (Wildman–Crippen MR) is 89.5 cm³/mol. The van der Waals surface area contributed by atoms with Crippen LogP contribution in [0.2, 0.25) is 0 Å². The van der Waals surface area contributed by atoms with Crippen molar-refractivity contribution in [2.24, 2.45) is 5.92 Å². The number of fused-ring (bicyclic) bond motifs is 4. The van der Waals surface area contributed by atoms with Crippen LogP contribution >= 0.6 is 0 Å². The van der Waals surface area contributed by atoms with E-state index in [-0.39, 0.29) is 5.91 Å². The number of rotatable bonds is 1. The van der Waals surface area contributed by atoms with Gasteiger partial charge in [0.05, 0.1) is 7.11 Å². The first-order chi connectivity index (χ1) is 11.2. The molecule has 0 aliphatic carbocycles. The molecule has 0 radical (unpaired) electrons. The van der Waals surface area contributed by atoms with Crippen LogP contribution in [0.25, 0.3) is 0 Å². The minimum absolute atomic E-state index is 0.249. The van der Waals surface area contributed by atoms with Crippen molar-refractivity contribution in [3.8, 4) is 5.75 Å². The third-order valence-electron chi connectivity index (χ3n) is 6.07. The third kappa shape index (κ3) is 2.53. The SMILES string of the molecule is COc1ccc2c(c1)CCN1CC3CCCN(C(C)=O)C3CC21.